The van der Waals surface area contributed by atoms with Gasteiger partial charge < -0.3 is 5.11 Å². The van der Waals surface area contributed by atoms with Crippen LogP contribution in [0, 0.1) is 92.7 Å². The van der Waals surface area contributed by atoms with Crippen LogP contribution in [0.4, 0.5) is 0 Å². The average Bonchev–Trinajstić information content (AvgIpc) is 3.99. The van der Waals surface area contributed by atoms with Gasteiger partial charge in [-0.2, -0.15) is 0 Å². The minimum absolute atomic E-state index is 0.00738. The Morgan fingerprint density at radius 3 is 1.11 bits per heavy atom. The molecule has 0 amide bonds. The molecule has 9 aliphatic rings. The highest BCUT2D eigenvalue weighted by Crippen LogP contribution is 2.64. The Kier molecular flexibility index (Phi) is 12.8. The van der Waals surface area contributed by atoms with Crippen molar-refractivity contribution in [1.29, 1.82) is 0 Å². The van der Waals surface area contributed by atoms with E-state index in [2.05, 4.69) is 126 Å². The van der Waals surface area contributed by atoms with Crippen molar-refractivity contribution in [1.82, 2.24) is 42.5 Å². The Balaban J connectivity index is 1.18. The third-order valence-electron chi connectivity index (χ3n) is 21.7. The van der Waals surface area contributed by atoms with Gasteiger partial charge in [0.05, 0.1) is 55.4 Å². The molecule has 0 aromatic rings. The summed E-state index contributed by atoms with van der Waals surface area (Å²) in [5, 5.41) is 48.8. The number of hydrogen-bond donors (Lipinski definition) is 9. The molecule has 9 rings (SSSR count). The van der Waals surface area contributed by atoms with Gasteiger partial charge in [0, 0.05) is 5.92 Å². The molecule has 9 N–H and O–H groups in total. The lowest BCUT2D eigenvalue weighted by Gasteiger charge is -2.62. The van der Waals surface area contributed by atoms with Gasteiger partial charge in [-0.25, -0.2) is 0 Å². The number of rotatable bonds is 8. The fourth-order valence-electron chi connectivity index (χ4n) is 17.0. The SMILES string of the molecule is CCC(C)(C)C1CCCC2C3NC4NC(NC5NC(NC6NC(NC(N3)C21)C1C6C(O)C(C(C)(C)CC)C(C(C)(C)CC)C1C(C)(C)CC)C1CCCCC51)C1CCCCC41. The summed E-state index contributed by atoms with van der Waals surface area (Å²) in [4.78, 5) is 0. The van der Waals surface area contributed by atoms with Gasteiger partial charge in [-0.3, -0.25) is 42.5 Å². The van der Waals surface area contributed by atoms with Crippen LogP contribution >= 0.6 is 0 Å². The molecule has 0 aromatic heterocycles. The highest BCUT2D eigenvalue weighted by molar-refractivity contribution is 5.17. The van der Waals surface area contributed by atoms with Gasteiger partial charge in [0.1, 0.15) is 0 Å². The van der Waals surface area contributed by atoms with E-state index >= 15 is 0 Å². The summed E-state index contributed by atoms with van der Waals surface area (Å²) in [6.07, 6.45) is 20.4. The van der Waals surface area contributed by atoms with Crippen LogP contribution in [0.1, 0.15) is 179 Å². The normalized spacial score (nSPS) is 49.2. The molecule has 21 unspecified atom stereocenters. The van der Waals surface area contributed by atoms with Crippen LogP contribution in [0.5, 0.6) is 0 Å². The smallest absolute Gasteiger partial charge is 0.0653 e. The van der Waals surface area contributed by atoms with E-state index < -0.39 is 6.10 Å². The Bertz CT molecular complexity index is 1520. The van der Waals surface area contributed by atoms with E-state index in [9.17, 15) is 5.11 Å². The van der Waals surface area contributed by atoms with E-state index in [1.54, 1.807) is 0 Å². The first-order valence-electron chi connectivity index (χ1n) is 26.7. The number of nitrogens with one attached hydrogen (secondary N) is 8. The minimum Gasteiger partial charge on any atom is -0.392 e. The fourth-order valence-corrected chi connectivity index (χ4v) is 17.0. The molecular formula is C52H96N8O. The van der Waals surface area contributed by atoms with Crippen molar-refractivity contribution in [2.24, 2.45) is 92.7 Å². The zero-order chi connectivity index (χ0) is 43.4. The Morgan fingerprint density at radius 1 is 0.344 bits per heavy atom. The van der Waals surface area contributed by atoms with Gasteiger partial charge in [0.2, 0.25) is 0 Å². The summed E-state index contributed by atoms with van der Waals surface area (Å²) in [5.41, 5.74) is 0.462. The van der Waals surface area contributed by atoms with Crippen molar-refractivity contribution >= 4 is 0 Å². The summed E-state index contributed by atoms with van der Waals surface area (Å²) < 4.78 is 0. The van der Waals surface area contributed by atoms with E-state index in [1.165, 1.54) is 77.0 Å². The highest BCUT2D eigenvalue weighted by Gasteiger charge is 2.66. The van der Waals surface area contributed by atoms with Crippen LogP contribution < -0.4 is 42.5 Å². The molecule has 350 valence electrons. The number of hydrogen-bond acceptors (Lipinski definition) is 9. The molecule has 4 aliphatic carbocycles. The van der Waals surface area contributed by atoms with Crippen molar-refractivity contribution in [2.75, 3.05) is 0 Å². The van der Waals surface area contributed by atoms with Gasteiger partial charge in [-0.15, -0.1) is 0 Å². The lowest BCUT2D eigenvalue weighted by Crippen LogP contribution is -2.65. The summed E-state index contributed by atoms with van der Waals surface area (Å²) in [7, 11) is 0. The summed E-state index contributed by atoms with van der Waals surface area (Å²) in [6, 6.07) is 0. The monoisotopic (exact) mass is 849 g/mol. The molecule has 9 nitrogen and oxygen atoms in total. The lowest BCUT2D eigenvalue weighted by molar-refractivity contribution is -0.182. The molecule has 5 aliphatic heterocycles. The maximum absolute atomic E-state index is 13.5. The second-order valence-electron chi connectivity index (χ2n) is 25.7. The third kappa shape index (κ3) is 7.78. The Morgan fingerprint density at radius 2 is 0.672 bits per heavy atom. The second kappa shape index (κ2) is 17.1. The standard InChI is InChI=1S/C52H96N8O/c1-13-49(5,6)33-27-21-26-32-34(33)46-58-45(32)56-43-29-23-18-17-22-28(29)41(54-43)53-42-30-24-19-20-25-31(30)44(55-42)57-48-36-35(47(59-46)60-48)37(50(7,8)14-2)38(51(9,10)15-3)39(40(36)61)52(11,12)16-4/h28-48,53-61H,13-27H2,1-12H3. The Labute approximate surface area is 373 Å². The van der Waals surface area contributed by atoms with E-state index in [4.69, 9.17) is 0 Å². The summed E-state index contributed by atoms with van der Waals surface area (Å²) in [6.45, 7) is 30.1. The molecule has 0 aromatic carbocycles. The van der Waals surface area contributed by atoms with Crippen molar-refractivity contribution < 1.29 is 5.11 Å². The first kappa shape index (κ1) is 45.8. The van der Waals surface area contributed by atoms with Crippen LogP contribution in [0.15, 0.2) is 0 Å². The van der Waals surface area contributed by atoms with Crippen molar-refractivity contribution in [2.45, 2.75) is 235 Å². The van der Waals surface area contributed by atoms with Crippen LogP contribution in [-0.2, 0) is 0 Å². The lowest BCUT2D eigenvalue weighted by atomic mass is 9.43. The fraction of sp³-hybridized carbons (Fsp3) is 1.00. The van der Waals surface area contributed by atoms with Gasteiger partial charge in [-0.1, -0.05) is 141 Å². The van der Waals surface area contributed by atoms with Gasteiger partial charge in [-0.05, 0) is 125 Å². The minimum atomic E-state index is -0.403. The molecule has 61 heavy (non-hydrogen) atoms. The van der Waals surface area contributed by atoms with E-state index in [1.807, 2.05) is 0 Å². The average molecular weight is 849 g/mol. The molecule has 9 fully saturated rings. The molecular weight excluding hydrogens is 753 g/mol. The molecule has 9 heteroatoms. The topological polar surface area (TPSA) is 116 Å². The summed E-state index contributed by atoms with van der Waals surface area (Å²) in [5.74, 6) is 5.73. The molecule has 0 spiro atoms. The van der Waals surface area contributed by atoms with Crippen LogP contribution in [0.25, 0.3) is 0 Å². The molecule has 21 atom stereocenters. The second-order valence-corrected chi connectivity index (χ2v) is 25.7. The van der Waals surface area contributed by atoms with Crippen molar-refractivity contribution in [3.8, 4) is 0 Å². The molecule has 4 saturated carbocycles. The maximum atomic E-state index is 13.5. The van der Waals surface area contributed by atoms with Crippen LogP contribution in [0.3, 0.4) is 0 Å². The Hall–Kier alpha value is -0.360. The largest absolute Gasteiger partial charge is 0.392 e. The first-order valence-corrected chi connectivity index (χ1v) is 26.7. The number of aliphatic hydroxyl groups excluding tert-OH is 1. The number of aliphatic hydroxyl groups is 1. The highest BCUT2D eigenvalue weighted by atomic mass is 16.3. The predicted molar refractivity (Wildman–Crippen MR) is 250 cm³/mol. The maximum Gasteiger partial charge on any atom is 0.0653 e. The summed E-state index contributed by atoms with van der Waals surface area (Å²) >= 11 is 0. The van der Waals surface area contributed by atoms with Gasteiger partial charge in [0.25, 0.3) is 0 Å². The zero-order valence-corrected chi connectivity index (χ0v) is 41.2. The first-order chi connectivity index (χ1) is 29.0. The van der Waals surface area contributed by atoms with Crippen molar-refractivity contribution in [3.63, 3.8) is 0 Å². The third-order valence-corrected chi connectivity index (χ3v) is 21.7. The van der Waals surface area contributed by atoms with E-state index in [0.29, 0.717) is 71.8 Å². The predicted octanol–water partition coefficient (Wildman–Crippen LogP) is 8.23. The molecule has 8 bridgehead atoms. The van der Waals surface area contributed by atoms with Gasteiger partial charge in [0.15, 0.2) is 0 Å². The van der Waals surface area contributed by atoms with Crippen LogP contribution in [-0.4, -0.2) is 60.5 Å². The quantitative estimate of drug-likeness (QED) is 0.119. The number of fused-ring (bicyclic) bond motifs is 20. The van der Waals surface area contributed by atoms with Gasteiger partial charge >= 0.3 is 0 Å². The molecule has 0 radical (unpaired) electrons. The van der Waals surface area contributed by atoms with E-state index in [0.717, 1.165) is 19.3 Å². The van der Waals surface area contributed by atoms with E-state index in [-0.39, 0.29) is 70.2 Å². The zero-order valence-electron chi connectivity index (χ0n) is 41.2. The molecule has 5 heterocycles. The van der Waals surface area contributed by atoms with Crippen molar-refractivity contribution in [3.05, 3.63) is 0 Å². The molecule has 5 saturated heterocycles. The van der Waals surface area contributed by atoms with Crippen LogP contribution in [0.2, 0.25) is 0 Å².